The number of hydrogen-bond donors (Lipinski definition) is 0. The molecule has 3 saturated heterocycles. The van der Waals surface area contributed by atoms with Crippen LogP contribution in [0.1, 0.15) is 45.4 Å². The molecule has 0 amide bonds. The topological polar surface area (TPSA) is 46.2 Å². The molecule has 5 nitrogen and oxygen atoms in total. The second-order valence-electron chi connectivity index (χ2n) is 9.75. The summed E-state index contributed by atoms with van der Waals surface area (Å²) in [6.07, 6.45) is -10.1. The highest BCUT2D eigenvalue weighted by molar-refractivity contribution is 5.35. The lowest BCUT2D eigenvalue weighted by Gasteiger charge is -2.55. The molecule has 5 rings (SSSR count). The van der Waals surface area contributed by atoms with Crippen molar-refractivity contribution in [3.8, 4) is 11.5 Å². The first kappa shape index (κ1) is 27.9. The lowest BCUT2D eigenvalue weighted by Crippen LogP contribution is -2.63. The Kier molecular flexibility index (Phi) is 7.70. The summed E-state index contributed by atoms with van der Waals surface area (Å²) < 4.78 is 135. The summed E-state index contributed by atoms with van der Waals surface area (Å²) in [7, 11) is 0. The Hall–Kier alpha value is -2.12. The molecule has 1 aromatic carbocycles. The first-order valence-corrected chi connectivity index (χ1v) is 11.9. The molecule has 1 saturated carbocycles. The van der Waals surface area contributed by atoms with E-state index in [-0.39, 0.29) is 49.1 Å². The molecule has 0 spiro atoms. The number of benzene rings is 1. The van der Waals surface area contributed by atoms with Crippen molar-refractivity contribution in [1.82, 2.24) is 0 Å². The van der Waals surface area contributed by atoms with Gasteiger partial charge in [-0.3, -0.25) is 0 Å². The fourth-order valence-corrected chi connectivity index (χ4v) is 5.12. The summed E-state index contributed by atoms with van der Waals surface area (Å²) in [6, 6.07) is 0.426. The van der Waals surface area contributed by atoms with Crippen molar-refractivity contribution in [2.75, 3.05) is 19.8 Å². The van der Waals surface area contributed by atoms with Gasteiger partial charge in [0.05, 0.1) is 31.8 Å². The van der Waals surface area contributed by atoms with Crippen LogP contribution in [0.4, 0.5) is 35.1 Å². The minimum Gasteiger partial charge on any atom is -0.432 e. The predicted octanol–water partition coefficient (Wildman–Crippen LogP) is 7.01. The maximum atomic E-state index is 14.9. The van der Waals surface area contributed by atoms with Crippen molar-refractivity contribution in [1.29, 1.82) is 0 Å². The van der Waals surface area contributed by atoms with E-state index in [1.807, 2.05) is 6.92 Å². The van der Waals surface area contributed by atoms with E-state index in [1.54, 1.807) is 0 Å². The summed E-state index contributed by atoms with van der Waals surface area (Å²) in [4.78, 5) is 0. The number of ether oxygens (including phenoxy) is 5. The van der Waals surface area contributed by atoms with Gasteiger partial charge in [0.25, 0.3) is 12.1 Å². The Morgan fingerprint density at radius 2 is 1.49 bits per heavy atom. The van der Waals surface area contributed by atoms with Gasteiger partial charge >= 0.3 is 12.2 Å². The number of halogens is 8. The molecule has 4 fully saturated rings. The fraction of sp³-hybridized carbons (Fsp3) is 0.667. The van der Waals surface area contributed by atoms with E-state index in [2.05, 4.69) is 9.47 Å². The quantitative estimate of drug-likeness (QED) is 0.312. The summed E-state index contributed by atoms with van der Waals surface area (Å²) in [5.41, 5.74) is -0.199. The Balaban J connectivity index is 1.37. The van der Waals surface area contributed by atoms with Gasteiger partial charge in [-0.05, 0) is 32.1 Å². The smallest absolute Gasteiger partial charge is 0.425 e. The number of fused-ring (bicyclic) bond motifs is 3. The molecule has 2 bridgehead atoms. The maximum Gasteiger partial charge on any atom is 0.425 e. The van der Waals surface area contributed by atoms with E-state index in [0.717, 1.165) is 12.8 Å². The number of hydrogen-bond acceptors (Lipinski definition) is 5. The van der Waals surface area contributed by atoms with Gasteiger partial charge in [0, 0.05) is 23.5 Å². The van der Waals surface area contributed by atoms with Crippen LogP contribution in [-0.4, -0.2) is 38.0 Å². The number of rotatable bonds is 9. The standard InChI is InChI=1S/C24H26F8O5/c1-2-7-21-11-33-24(34-12-21,35-13-21)15-5-3-14(4-6-15)23(31,32)36-16-8-17(25)20(18(26)9-16)37-22(29,30)10-19(27)28/h8-10,14-15H,2-7,11-13H2,1H3. The van der Waals surface area contributed by atoms with Crippen LogP contribution in [0.3, 0.4) is 0 Å². The molecule has 0 N–H and O–H groups in total. The van der Waals surface area contributed by atoms with Crippen LogP contribution in [0.25, 0.3) is 0 Å². The Bertz CT molecular complexity index is 957. The Morgan fingerprint density at radius 3 is 1.97 bits per heavy atom. The van der Waals surface area contributed by atoms with Crippen molar-refractivity contribution < 1.29 is 58.8 Å². The molecule has 3 heterocycles. The molecule has 4 aliphatic rings. The van der Waals surface area contributed by atoms with Crippen molar-refractivity contribution in [2.24, 2.45) is 17.3 Å². The third-order valence-electron chi connectivity index (χ3n) is 6.96. The SMILES string of the molecule is CCCC12COC(C3CCC(C(F)(F)Oc4cc(F)c(OC(F)(F)C=C(F)F)c(F)c4)CC3)(OC1)OC2. The monoisotopic (exact) mass is 546 g/mol. The molecule has 0 radical (unpaired) electrons. The summed E-state index contributed by atoms with van der Waals surface area (Å²) in [5, 5.41) is 0. The van der Waals surface area contributed by atoms with Crippen molar-refractivity contribution in [3.63, 3.8) is 0 Å². The maximum absolute atomic E-state index is 14.9. The van der Waals surface area contributed by atoms with Gasteiger partial charge in [0.2, 0.25) is 0 Å². The van der Waals surface area contributed by atoms with Gasteiger partial charge in [-0.1, -0.05) is 13.3 Å². The average Bonchev–Trinajstić information content (AvgIpc) is 2.82. The zero-order valence-corrected chi connectivity index (χ0v) is 19.8. The van der Waals surface area contributed by atoms with Gasteiger partial charge in [0.1, 0.15) is 5.75 Å². The molecule has 0 atom stereocenters. The highest BCUT2D eigenvalue weighted by Gasteiger charge is 2.57. The summed E-state index contributed by atoms with van der Waals surface area (Å²) in [5.74, 6) is -9.26. The molecular formula is C24H26F8O5. The van der Waals surface area contributed by atoms with Crippen molar-refractivity contribution >= 4 is 0 Å². The minimum atomic E-state index is -4.74. The van der Waals surface area contributed by atoms with Crippen LogP contribution in [0.5, 0.6) is 11.5 Å². The van der Waals surface area contributed by atoms with Crippen LogP contribution >= 0.6 is 0 Å². The molecule has 13 heteroatoms. The first-order chi connectivity index (χ1) is 17.3. The van der Waals surface area contributed by atoms with Crippen molar-refractivity contribution in [2.45, 2.75) is 63.6 Å². The molecule has 0 aromatic heterocycles. The lowest BCUT2D eigenvalue weighted by molar-refractivity contribution is -0.489. The predicted molar refractivity (Wildman–Crippen MR) is 111 cm³/mol. The Morgan fingerprint density at radius 1 is 0.946 bits per heavy atom. The van der Waals surface area contributed by atoms with Gasteiger partial charge in [-0.15, -0.1) is 0 Å². The molecule has 1 aromatic rings. The highest BCUT2D eigenvalue weighted by atomic mass is 19.3. The molecule has 1 aliphatic carbocycles. The fourth-order valence-electron chi connectivity index (χ4n) is 5.12. The summed E-state index contributed by atoms with van der Waals surface area (Å²) in [6.45, 7) is 3.43. The van der Waals surface area contributed by atoms with E-state index in [4.69, 9.17) is 14.2 Å². The molecule has 0 unspecified atom stereocenters. The zero-order chi connectivity index (χ0) is 27.1. The van der Waals surface area contributed by atoms with Gasteiger partial charge in [-0.2, -0.15) is 26.3 Å². The van der Waals surface area contributed by atoms with Gasteiger partial charge in [-0.25, -0.2) is 8.78 Å². The van der Waals surface area contributed by atoms with E-state index in [9.17, 15) is 35.1 Å². The van der Waals surface area contributed by atoms with Crippen LogP contribution < -0.4 is 9.47 Å². The largest absolute Gasteiger partial charge is 0.432 e. The molecular weight excluding hydrogens is 520 g/mol. The molecule has 208 valence electrons. The Labute approximate surface area is 207 Å². The number of alkyl halides is 4. The normalized spacial score (nSPS) is 30.2. The third-order valence-corrected chi connectivity index (χ3v) is 6.96. The summed E-state index contributed by atoms with van der Waals surface area (Å²) >= 11 is 0. The van der Waals surface area contributed by atoms with Crippen LogP contribution in [0.15, 0.2) is 24.3 Å². The van der Waals surface area contributed by atoms with Crippen LogP contribution in [0.2, 0.25) is 0 Å². The van der Waals surface area contributed by atoms with Crippen molar-refractivity contribution in [3.05, 3.63) is 35.9 Å². The molecule has 37 heavy (non-hydrogen) atoms. The van der Waals surface area contributed by atoms with E-state index in [1.165, 1.54) is 0 Å². The van der Waals surface area contributed by atoms with Gasteiger partial charge < -0.3 is 23.7 Å². The van der Waals surface area contributed by atoms with Crippen LogP contribution in [-0.2, 0) is 14.2 Å². The third kappa shape index (κ3) is 5.98. The van der Waals surface area contributed by atoms with Crippen LogP contribution in [0, 0.1) is 28.9 Å². The van der Waals surface area contributed by atoms with Gasteiger partial charge in [0.15, 0.2) is 17.4 Å². The van der Waals surface area contributed by atoms with E-state index in [0.29, 0.717) is 19.8 Å². The zero-order valence-electron chi connectivity index (χ0n) is 19.8. The second kappa shape index (κ2) is 10.2. The molecule has 3 aliphatic heterocycles. The highest BCUT2D eigenvalue weighted by Crippen LogP contribution is 2.50. The minimum absolute atomic E-state index is 0.0326. The first-order valence-electron chi connectivity index (χ1n) is 11.9. The average molecular weight is 546 g/mol. The van der Waals surface area contributed by atoms with E-state index < -0.39 is 59.4 Å². The van der Waals surface area contributed by atoms with E-state index >= 15 is 0 Å². The second-order valence-corrected chi connectivity index (χ2v) is 9.75. The lowest BCUT2D eigenvalue weighted by atomic mass is 9.77.